The number of aromatic nitrogens is 1. The minimum atomic E-state index is -0.289. The predicted octanol–water partition coefficient (Wildman–Crippen LogP) is 2.50. The van der Waals surface area contributed by atoms with Gasteiger partial charge >= 0.3 is 0 Å². The summed E-state index contributed by atoms with van der Waals surface area (Å²) in [4.78, 5) is 30.4. The molecule has 1 heterocycles. The van der Waals surface area contributed by atoms with E-state index in [2.05, 4.69) is 10.3 Å². The van der Waals surface area contributed by atoms with Crippen molar-refractivity contribution >= 4 is 17.5 Å². The number of carbonyl (C=O) groups is 2. The second-order valence-electron chi connectivity index (χ2n) is 5.23. The lowest BCUT2D eigenvalue weighted by Gasteiger charge is -2.20. The van der Waals surface area contributed by atoms with Crippen molar-refractivity contribution in [3.63, 3.8) is 0 Å². The minimum absolute atomic E-state index is 0.0526. The first kappa shape index (κ1) is 17.5. The normalized spacial score (nSPS) is 10.1. The summed E-state index contributed by atoms with van der Waals surface area (Å²) in [5.74, 6) is 0.0132. The molecule has 6 heteroatoms. The van der Waals surface area contributed by atoms with Gasteiger partial charge in [0.25, 0.3) is 5.91 Å². The van der Waals surface area contributed by atoms with Gasteiger partial charge in [0.15, 0.2) is 0 Å². The number of hydrogen-bond donors (Lipinski definition) is 1. The number of carbonyl (C=O) groups excluding carboxylic acids is 2. The Balaban J connectivity index is 2.06. The zero-order valence-corrected chi connectivity index (χ0v) is 14.1. The maximum Gasteiger partial charge on any atom is 0.272 e. The van der Waals surface area contributed by atoms with Gasteiger partial charge in [0, 0.05) is 12.2 Å². The Bertz CT molecular complexity index is 731. The number of ether oxygens (including phenoxy) is 1. The Kier molecular flexibility index (Phi) is 5.89. The Labute approximate surface area is 141 Å². The SMILES string of the molecule is CCN(CC(=O)Nc1ccccc1OC)C(=O)c1cccc(C)n1. The molecule has 0 saturated carbocycles. The summed E-state index contributed by atoms with van der Waals surface area (Å²) in [5.41, 5.74) is 1.67. The topological polar surface area (TPSA) is 71.5 Å². The van der Waals surface area contributed by atoms with E-state index in [9.17, 15) is 9.59 Å². The number of benzene rings is 1. The van der Waals surface area contributed by atoms with Gasteiger partial charge < -0.3 is 15.0 Å². The number of para-hydroxylation sites is 2. The van der Waals surface area contributed by atoms with E-state index in [1.165, 1.54) is 12.0 Å². The van der Waals surface area contributed by atoms with E-state index in [1.54, 1.807) is 30.3 Å². The van der Waals surface area contributed by atoms with E-state index in [-0.39, 0.29) is 18.4 Å². The fraction of sp³-hybridized carbons (Fsp3) is 0.278. The molecular formula is C18H21N3O3. The van der Waals surface area contributed by atoms with E-state index < -0.39 is 0 Å². The van der Waals surface area contributed by atoms with Crippen molar-refractivity contribution in [2.75, 3.05) is 25.5 Å². The molecule has 1 N–H and O–H groups in total. The van der Waals surface area contributed by atoms with E-state index in [0.29, 0.717) is 23.7 Å². The highest BCUT2D eigenvalue weighted by molar-refractivity contribution is 5.99. The van der Waals surface area contributed by atoms with E-state index in [4.69, 9.17) is 4.74 Å². The molecule has 1 aromatic carbocycles. The standard InChI is InChI=1S/C18H21N3O3/c1-4-21(18(23)15-10-7-8-13(2)19-15)12-17(22)20-14-9-5-6-11-16(14)24-3/h5-11H,4,12H2,1-3H3,(H,20,22). The van der Waals surface area contributed by atoms with Gasteiger partial charge in [0.05, 0.1) is 12.8 Å². The van der Waals surface area contributed by atoms with Crippen LogP contribution in [0.25, 0.3) is 0 Å². The van der Waals surface area contributed by atoms with Crippen molar-refractivity contribution in [2.45, 2.75) is 13.8 Å². The number of amides is 2. The fourth-order valence-corrected chi connectivity index (χ4v) is 2.26. The molecule has 0 aliphatic heterocycles. The highest BCUT2D eigenvalue weighted by Crippen LogP contribution is 2.22. The molecule has 126 valence electrons. The van der Waals surface area contributed by atoms with E-state index in [0.717, 1.165) is 5.69 Å². The van der Waals surface area contributed by atoms with Crippen molar-refractivity contribution in [2.24, 2.45) is 0 Å². The van der Waals surface area contributed by atoms with Crippen LogP contribution in [0.15, 0.2) is 42.5 Å². The lowest BCUT2D eigenvalue weighted by Crippen LogP contribution is -2.38. The zero-order valence-electron chi connectivity index (χ0n) is 14.1. The second kappa shape index (κ2) is 8.10. The van der Waals surface area contributed by atoms with Crippen LogP contribution in [0.5, 0.6) is 5.75 Å². The Morgan fingerprint density at radius 2 is 1.92 bits per heavy atom. The van der Waals surface area contributed by atoms with Crippen LogP contribution >= 0.6 is 0 Å². The molecule has 0 atom stereocenters. The smallest absolute Gasteiger partial charge is 0.272 e. The molecule has 0 saturated heterocycles. The van der Waals surface area contributed by atoms with Crippen LogP contribution in [0.2, 0.25) is 0 Å². The number of nitrogens with zero attached hydrogens (tertiary/aromatic N) is 2. The quantitative estimate of drug-likeness (QED) is 0.885. The molecule has 24 heavy (non-hydrogen) atoms. The summed E-state index contributed by atoms with van der Waals surface area (Å²) in [6.45, 7) is 4.00. The van der Waals surface area contributed by atoms with Gasteiger partial charge in [-0.05, 0) is 38.1 Å². The van der Waals surface area contributed by atoms with Gasteiger partial charge in [-0.15, -0.1) is 0 Å². The van der Waals surface area contributed by atoms with Crippen LogP contribution < -0.4 is 10.1 Å². The van der Waals surface area contributed by atoms with Gasteiger partial charge in [-0.25, -0.2) is 4.98 Å². The second-order valence-corrected chi connectivity index (χ2v) is 5.23. The molecule has 6 nitrogen and oxygen atoms in total. The molecule has 0 fully saturated rings. The van der Waals surface area contributed by atoms with Crippen LogP contribution in [-0.4, -0.2) is 41.9 Å². The molecule has 2 rings (SSSR count). The average molecular weight is 327 g/mol. The van der Waals surface area contributed by atoms with Crippen LogP contribution in [0.1, 0.15) is 23.1 Å². The molecule has 2 amide bonds. The third-order valence-electron chi connectivity index (χ3n) is 3.49. The third-order valence-corrected chi connectivity index (χ3v) is 3.49. The number of hydrogen-bond acceptors (Lipinski definition) is 4. The summed E-state index contributed by atoms with van der Waals surface area (Å²) < 4.78 is 5.20. The summed E-state index contributed by atoms with van der Waals surface area (Å²) in [6, 6.07) is 12.4. The number of rotatable bonds is 6. The first-order valence-corrected chi connectivity index (χ1v) is 7.71. The Morgan fingerprint density at radius 3 is 2.58 bits per heavy atom. The molecule has 0 aliphatic carbocycles. The third kappa shape index (κ3) is 4.32. The van der Waals surface area contributed by atoms with Gasteiger partial charge in [-0.2, -0.15) is 0 Å². The molecule has 0 bridgehead atoms. The summed E-state index contributed by atoms with van der Waals surface area (Å²) in [7, 11) is 1.54. The van der Waals surface area contributed by atoms with Crippen molar-refractivity contribution in [1.82, 2.24) is 9.88 Å². The number of aryl methyl sites for hydroxylation is 1. The summed E-state index contributed by atoms with van der Waals surface area (Å²) in [5, 5.41) is 2.77. The maximum absolute atomic E-state index is 12.5. The number of pyridine rings is 1. The van der Waals surface area contributed by atoms with E-state index >= 15 is 0 Å². The highest BCUT2D eigenvalue weighted by atomic mass is 16.5. The van der Waals surface area contributed by atoms with Crippen molar-refractivity contribution < 1.29 is 14.3 Å². The zero-order chi connectivity index (χ0) is 17.5. The van der Waals surface area contributed by atoms with Gasteiger partial charge in [0.2, 0.25) is 5.91 Å². The van der Waals surface area contributed by atoms with Gasteiger partial charge in [0.1, 0.15) is 18.0 Å². The van der Waals surface area contributed by atoms with Crippen molar-refractivity contribution in [3.8, 4) is 5.75 Å². The fourth-order valence-electron chi connectivity index (χ4n) is 2.26. The number of methoxy groups -OCH3 is 1. The summed E-state index contributed by atoms with van der Waals surface area (Å²) in [6.07, 6.45) is 0. The molecule has 0 aliphatic rings. The first-order chi connectivity index (χ1) is 11.5. The Hall–Kier alpha value is -2.89. The van der Waals surface area contributed by atoms with Gasteiger partial charge in [-0.3, -0.25) is 9.59 Å². The van der Waals surface area contributed by atoms with Crippen LogP contribution in [0.4, 0.5) is 5.69 Å². The lowest BCUT2D eigenvalue weighted by molar-refractivity contribution is -0.116. The predicted molar refractivity (Wildman–Crippen MR) is 92.2 cm³/mol. The molecule has 2 aromatic rings. The lowest BCUT2D eigenvalue weighted by atomic mass is 10.2. The highest BCUT2D eigenvalue weighted by Gasteiger charge is 2.19. The average Bonchev–Trinajstić information content (AvgIpc) is 2.59. The monoisotopic (exact) mass is 327 g/mol. The van der Waals surface area contributed by atoms with Crippen LogP contribution in [0.3, 0.4) is 0 Å². The van der Waals surface area contributed by atoms with Crippen LogP contribution in [0, 0.1) is 6.92 Å². The maximum atomic E-state index is 12.5. The number of nitrogens with one attached hydrogen (secondary N) is 1. The van der Waals surface area contributed by atoms with E-state index in [1.807, 2.05) is 26.0 Å². The molecule has 1 aromatic heterocycles. The van der Waals surface area contributed by atoms with Gasteiger partial charge in [-0.1, -0.05) is 18.2 Å². The van der Waals surface area contributed by atoms with Crippen molar-refractivity contribution in [3.05, 3.63) is 53.9 Å². The summed E-state index contributed by atoms with van der Waals surface area (Å²) >= 11 is 0. The van der Waals surface area contributed by atoms with Crippen LogP contribution in [-0.2, 0) is 4.79 Å². The number of anilines is 1. The Morgan fingerprint density at radius 1 is 1.17 bits per heavy atom. The first-order valence-electron chi connectivity index (χ1n) is 7.71. The number of likely N-dealkylation sites (N-methyl/N-ethyl adjacent to an activating group) is 1. The molecular weight excluding hydrogens is 306 g/mol. The molecule has 0 unspecified atom stereocenters. The minimum Gasteiger partial charge on any atom is -0.495 e. The van der Waals surface area contributed by atoms with Crippen molar-refractivity contribution in [1.29, 1.82) is 0 Å². The largest absolute Gasteiger partial charge is 0.495 e. The molecule has 0 radical (unpaired) electrons. The molecule has 0 spiro atoms.